The lowest BCUT2D eigenvalue weighted by atomic mass is 10.1. The number of aromatic nitrogens is 3. The summed E-state index contributed by atoms with van der Waals surface area (Å²) in [6.07, 6.45) is 3.03. The van der Waals surface area contributed by atoms with Crippen molar-refractivity contribution in [1.82, 2.24) is 24.4 Å². The van der Waals surface area contributed by atoms with Gasteiger partial charge in [0.15, 0.2) is 5.65 Å². The third kappa shape index (κ3) is 3.29. The first-order valence-corrected chi connectivity index (χ1v) is 8.79. The Morgan fingerprint density at radius 3 is 2.58 bits per heavy atom. The number of aryl methyl sites for hydroxylation is 2. The van der Waals surface area contributed by atoms with E-state index in [2.05, 4.69) is 35.8 Å². The summed E-state index contributed by atoms with van der Waals surface area (Å²) in [7, 11) is 0. The molecule has 0 aromatic carbocycles. The summed E-state index contributed by atoms with van der Waals surface area (Å²) in [5.74, 6) is 0.248. The number of carbonyl (C=O) groups is 1. The summed E-state index contributed by atoms with van der Waals surface area (Å²) in [6.45, 7) is 12.1. The van der Waals surface area contributed by atoms with E-state index in [1.807, 2.05) is 22.4 Å². The molecule has 0 radical (unpaired) electrons. The van der Waals surface area contributed by atoms with Crippen LogP contribution in [0.1, 0.15) is 37.2 Å². The Kier molecular flexibility index (Phi) is 4.85. The van der Waals surface area contributed by atoms with E-state index in [0.29, 0.717) is 12.5 Å². The lowest BCUT2D eigenvalue weighted by Gasteiger charge is -2.37. The van der Waals surface area contributed by atoms with Crippen LogP contribution in [0.3, 0.4) is 0 Å². The number of nitrogens with zero attached hydrogens (tertiary/aromatic N) is 5. The zero-order chi connectivity index (χ0) is 17.3. The third-order valence-electron chi connectivity index (χ3n) is 5.08. The number of hydrogen-bond donors (Lipinski definition) is 0. The lowest BCUT2D eigenvalue weighted by molar-refractivity contribution is -0.133. The Labute approximate surface area is 143 Å². The first-order valence-electron chi connectivity index (χ1n) is 8.79. The van der Waals surface area contributed by atoms with Crippen LogP contribution in [0.4, 0.5) is 0 Å². The fourth-order valence-electron chi connectivity index (χ4n) is 3.51. The number of piperazine rings is 1. The molecule has 2 aromatic heterocycles. The minimum Gasteiger partial charge on any atom is -0.340 e. The van der Waals surface area contributed by atoms with Gasteiger partial charge >= 0.3 is 0 Å². The molecule has 1 fully saturated rings. The second-order valence-electron chi connectivity index (χ2n) is 6.87. The van der Waals surface area contributed by atoms with Crippen LogP contribution >= 0.6 is 0 Å². The van der Waals surface area contributed by atoms with Crippen LogP contribution in [0.5, 0.6) is 0 Å². The van der Waals surface area contributed by atoms with E-state index in [1.165, 1.54) is 0 Å². The predicted octanol–water partition coefficient (Wildman–Crippen LogP) is 1.83. The molecule has 6 nitrogen and oxygen atoms in total. The van der Waals surface area contributed by atoms with Gasteiger partial charge in [-0.1, -0.05) is 0 Å². The van der Waals surface area contributed by atoms with E-state index in [9.17, 15) is 4.79 Å². The van der Waals surface area contributed by atoms with Crippen molar-refractivity contribution >= 4 is 11.6 Å². The van der Waals surface area contributed by atoms with E-state index in [4.69, 9.17) is 0 Å². The highest BCUT2D eigenvalue weighted by atomic mass is 16.2. The number of rotatable bonds is 4. The molecule has 1 aliphatic heterocycles. The topological polar surface area (TPSA) is 53.7 Å². The number of carbonyl (C=O) groups excluding carboxylic acids is 1. The Bertz CT molecular complexity index is 728. The van der Waals surface area contributed by atoms with E-state index in [0.717, 1.165) is 55.2 Å². The number of fused-ring (bicyclic) bond motifs is 1. The number of amides is 1. The molecule has 3 rings (SSSR count). The highest BCUT2D eigenvalue weighted by molar-refractivity contribution is 5.76. The van der Waals surface area contributed by atoms with Gasteiger partial charge in [0.2, 0.25) is 5.91 Å². The second-order valence-corrected chi connectivity index (χ2v) is 6.87. The van der Waals surface area contributed by atoms with Crippen molar-refractivity contribution in [2.75, 3.05) is 26.2 Å². The Hall–Kier alpha value is -1.95. The third-order valence-corrected chi connectivity index (χ3v) is 5.08. The van der Waals surface area contributed by atoms with Crippen molar-refractivity contribution in [3.8, 4) is 0 Å². The van der Waals surface area contributed by atoms with Crippen LogP contribution in [0.15, 0.2) is 12.3 Å². The Morgan fingerprint density at radius 1 is 1.21 bits per heavy atom. The van der Waals surface area contributed by atoms with Gasteiger partial charge < -0.3 is 4.90 Å². The predicted molar refractivity (Wildman–Crippen MR) is 94.1 cm³/mol. The summed E-state index contributed by atoms with van der Waals surface area (Å²) in [6, 6.07) is 2.46. The summed E-state index contributed by atoms with van der Waals surface area (Å²) in [5, 5.41) is 4.32. The standard InChI is InChI=1S/C18H27N5O/c1-13(2)21-9-11-22(12-10-21)18(24)6-5-16-14(3)20-17-7-8-19-23(17)15(16)4/h7-8,13H,5-6,9-12H2,1-4H3. The van der Waals surface area contributed by atoms with Gasteiger partial charge in [-0.15, -0.1) is 0 Å². The van der Waals surface area contributed by atoms with Crippen LogP contribution in [-0.4, -0.2) is 62.5 Å². The average Bonchev–Trinajstić information content (AvgIpc) is 3.03. The molecule has 24 heavy (non-hydrogen) atoms. The molecule has 6 heteroatoms. The zero-order valence-corrected chi connectivity index (χ0v) is 15.1. The van der Waals surface area contributed by atoms with Crippen LogP contribution in [0.2, 0.25) is 0 Å². The second kappa shape index (κ2) is 6.89. The zero-order valence-electron chi connectivity index (χ0n) is 15.1. The molecule has 1 saturated heterocycles. The molecular weight excluding hydrogens is 302 g/mol. The monoisotopic (exact) mass is 329 g/mol. The fourth-order valence-corrected chi connectivity index (χ4v) is 3.51. The van der Waals surface area contributed by atoms with Crippen molar-refractivity contribution in [1.29, 1.82) is 0 Å². The quantitative estimate of drug-likeness (QED) is 0.859. The van der Waals surface area contributed by atoms with Crippen LogP contribution in [-0.2, 0) is 11.2 Å². The molecule has 0 saturated carbocycles. The van der Waals surface area contributed by atoms with Gasteiger partial charge in [-0.2, -0.15) is 5.10 Å². The molecule has 0 atom stereocenters. The van der Waals surface area contributed by atoms with Crippen LogP contribution in [0, 0.1) is 13.8 Å². The first kappa shape index (κ1) is 16.9. The minimum atomic E-state index is 0.248. The maximum absolute atomic E-state index is 12.5. The van der Waals surface area contributed by atoms with E-state index in [-0.39, 0.29) is 5.91 Å². The summed E-state index contributed by atoms with van der Waals surface area (Å²) in [5.41, 5.74) is 4.09. The normalized spacial score (nSPS) is 16.3. The van der Waals surface area contributed by atoms with Crippen molar-refractivity contribution in [3.05, 3.63) is 29.2 Å². The summed E-state index contributed by atoms with van der Waals surface area (Å²) < 4.78 is 1.86. The molecule has 0 aliphatic carbocycles. The van der Waals surface area contributed by atoms with Crippen molar-refractivity contribution in [2.24, 2.45) is 0 Å². The molecular formula is C18H27N5O. The van der Waals surface area contributed by atoms with E-state index < -0.39 is 0 Å². The molecule has 0 spiro atoms. The Balaban J connectivity index is 1.63. The molecule has 1 aliphatic rings. The molecule has 1 amide bonds. The molecule has 130 valence electrons. The Morgan fingerprint density at radius 2 is 1.92 bits per heavy atom. The molecule has 0 bridgehead atoms. The summed E-state index contributed by atoms with van der Waals surface area (Å²) >= 11 is 0. The van der Waals surface area contributed by atoms with Gasteiger partial charge in [0.05, 0.1) is 6.20 Å². The van der Waals surface area contributed by atoms with Gasteiger partial charge in [0, 0.05) is 56.1 Å². The molecule has 0 unspecified atom stereocenters. The van der Waals surface area contributed by atoms with Gasteiger partial charge in [-0.3, -0.25) is 9.69 Å². The van der Waals surface area contributed by atoms with Crippen LogP contribution < -0.4 is 0 Å². The van der Waals surface area contributed by atoms with Crippen molar-refractivity contribution in [3.63, 3.8) is 0 Å². The van der Waals surface area contributed by atoms with E-state index in [1.54, 1.807) is 6.20 Å². The first-order chi connectivity index (χ1) is 11.5. The van der Waals surface area contributed by atoms with Gasteiger partial charge in [0.25, 0.3) is 0 Å². The minimum absolute atomic E-state index is 0.248. The lowest BCUT2D eigenvalue weighted by Crippen LogP contribution is -2.50. The molecule has 2 aromatic rings. The van der Waals surface area contributed by atoms with Crippen molar-refractivity contribution < 1.29 is 4.79 Å². The molecule has 3 heterocycles. The smallest absolute Gasteiger partial charge is 0.222 e. The maximum Gasteiger partial charge on any atom is 0.222 e. The highest BCUT2D eigenvalue weighted by Gasteiger charge is 2.22. The van der Waals surface area contributed by atoms with Crippen LogP contribution in [0.25, 0.3) is 5.65 Å². The molecule has 0 N–H and O–H groups in total. The fraction of sp³-hybridized carbons (Fsp3) is 0.611. The number of hydrogen-bond acceptors (Lipinski definition) is 4. The SMILES string of the molecule is Cc1nc2ccnn2c(C)c1CCC(=O)N1CCN(C(C)C)CC1. The van der Waals surface area contributed by atoms with Gasteiger partial charge in [-0.05, 0) is 39.7 Å². The van der Waals surface area contributed by atoms with Gasteiger partial charge in [-0.25, -0.2) is 9.50 Å². The maximum atomic E-state index is 12.5. The largest absolute Gasteiger partial charge is 0.340 e. The summed E-state index contributed by atoms with van der Waals surface area (Å²) in [4.78, 5) is 21.6. The average molecular weight is 329 g/mol. The highest BCUT2D eigenvalue weighted by Crippen LogP contribution is 2.17. The van der Waals surface area contributed by atoms with Crippen molar-refractivity contribution in [2.45, 2.75) is 46.6 Å². The van der Waals surface area contributed by atoms with E-state index >= 15 is 0 Å². The van der Waals surface area contributed by atoms with Gasteiger partial charge in [0.1, 0.15) is 0 Å².